The van der Waals surface area contributed by atoms with Gasteiger partial charge in [-0.15, -0.1) is 5.10 Å². The second-order valence-corrected chi connectivity index (χ2v) is 10.1. The molecule has 3 atom stereocenters. The van der Waals surface area contributed by atoms with Crippen molar-refractivity contribution in [2.45, 2.75) is 18.9 Å². The van der Waals surface area contributed by atoms with E-state index in [1.54, 1.807) is 18.3 Å². The van der Waals surface area contributed by atoms with Crippen molar-refractivity contribution in [2.24, 2.45) is 17.6 Å². The quantitative estimate of drug-likeness (QED) is 0.161. The Bertz CT molecular complexity index is 1780. The molecular formula is C26H21ClF2N10O2. The predicted octanol–water partition coefficient (Wildman–Crippen LogP) is 2.84. The average Bonchev–Trinajstić information content (AvgIpc) is 3.28. The molecule has 1 fully saturated rings. The van der Waals surface area contributed by atoms with Crippen LogP contribution in [-0.2, 0) is 4.79 Å². The number of amides is 1. The Kier molecular flexibility index (Phi) is 6.53. The number of hydrogen-bond acceptors (Lipinski definition) is 8. The maximum Gasteiger partial charge on any atom is 0.222 e. The first-order valence-corrected chi connectivity index (χ1v) is 12.8. The number of hydrogen-bond donors (Lipinski definition) is 2. The summed E-state index contributed by atoms with van der Waals surface area (Å²) >= 11 is 6.07. The highest BCUT2D eigenvalue weighted by Gasteiger charge is 2.44. The summed E-state index contributed by atoms with van der Waals surface area (Å²) in [7, 11) is 0. The van der Waals surface area contributed by atoms with Crippen LogP contribution in [0.1, 0.15) is 24.6 Å². The van der Waals surface area contributed by atoms with Crippen LogP contribution in [0.5, 0.6) is 0 Å². The molecule has 1 aromatic carbocycles. The molecule has 1 saturated carbocycles. The van der Waals surface area contributed by atoms with Crippen LogP contribution in [0.25, 0.3) is 27.9 Å². The number of aromatic nitrogens is 8. The highest BCUT2D eigenvalue weighted by molar-refractivity contribution is 6.31. The zero-order valence-corrected chi connectivity index (χ0v) is 21.9. The topological polar surface area (TPSA) is 170 Å². The van der Waals surface area contributed by atoms with Gasteiger partial charge in [0.25, 0.3) is 0 Å². The molecule has 12 nitrogen and oxygen atoms in total. The Morgan fingerprint density at radius 1 is 1.20 bits per heavy atom. The number of nitrogen functional groups attached to an aromatic ring is 1. The van der Waals surface area contributed by atoms with Crippen LogP contribution in [0, 0.1) is 28.8 Å². The van der Waals surface area contributed by atoms with Gasteiger partial charge in [0.15, 0.2) is 12.0 Å². The molecule has 0 radical (unpaired) electrons. The lowest BCUT2D eigenvalue weighted by molar-refractivity contribution is -0.615. The van der Waals surface area contributed by atoms with Crippen LogP contribution >= 0.6 is 11.6 Å². The van der Waals surface area contributed by atoms with Crippen LogP contribution in [0.15, 0.2) is 61.3 Å². The summed E-state index contributed by atoms with van der Waals surface area (Å²) in [6.07, 6.45) is 6.49. The number of pyridine rings is 2. The smallest absolute Gasteiger partial charge is 0.222 e. The van der Waals surface area contributed by atoms with Crippen LogP contribution in [0.2, 0.25) is 5.02 Å². The highest BCUT2D eigenvalue weighted by Crippen LogP contribution is 2.45. The lowest BCUT2D eigenvalue weighted by Gasteiger charge is -2.18. The summed E-state index contributed by atoms with van der Waals surface area (Å²) in [5.74, 6) is -2.28. The normalized spacial score (nSPS) is 17.0. The van der Waals surface area contributed by atoms with Crippen LogP contribution in [0.4, 0.5) is 14.6 Å². The Balaban J connectivity index is 1.41. The van der Waals surface area contributed by atoms with E-state index < -0.39 is 23.7 Å². The third-order valence-electron chi connectivity index (χ3n) is 7.16. The van der Waals surface area contributed by atoms with Crippen molar-refractivity contribution < 1.29 is 18.3 Å². The minimum atomic E-state index is -0.762. The van der Waals surface area contributed by atoms with Crippen LogP contribution in [0.3, 0.4) is 0 Å². The largest absolute Gasteiger partial charge is 0.618 e. The minimum Gasteiger partial charge on any atom is -0.618 e. The number of benzene rings is 1. The number of rotatable bonds is 8. The fourth-order valence-corrected chi connectivity index (χ4v) is 5.15. The van der Waals surface area contributed by atoms with Gasteiger partial charge in [-0.3, -0.25) is 9.48 Å². The van der Waals surface area contributed by atoms with Gasteiger partial charge in [-0.1, -0.05) is 11.6 Å². The van der Waals surface area contributed by atoms with E-state index in [9.17, 15) is 14.4 Å². The molecule has 0 bridgehead atoms. The van der Waals surface area contributed by atoms with E-state index in [1.165, 1.54) is 52.4 Å². The molecule has 15 heteroatoms. The Labute approximate surface area is 235 Å². The number of halogens is 3. The summed E-state index contributed by atoms with van der Waals surface area (Å²) < 4.78 is 33.2. The number of anilines is 1. The molecule has 4 heterocycles. The molecule has 0 aliphatic heterocycles. The standard InChI is InChI=1S/C26H21ClF2N10O2/c27-18-3-5-20(38-12-32-35-36-38)23(24(18)28)13-1-4-19(39(41)11-13)21(8-14-7-17(14)26(31)40)37-10-15(9-33-37)16-2-6-22(30)34-25(16)29/h1-6,9-12,14,17,21H,7-8H2,(H2,30,34)(H2,31,40)/t14-,17+,21+/m0/s1. The molecule has 41 heavy (non-hydrogen) atoms. The van der Waals surface area contributed by atoms with E-state index in [2.05, 4.69) is 25.6 Å². The van der Waals surface area contributed by atoms with Crippen molar-refractivity contribution in [3.8, 4) is 27.9 Å². The molecule has 1 aliphatic rings. The number of carbonyl (C=O) groups is 1. The molecule has 6 rings (SSSR count). The molecule has 4 aromatic heterocycles. The molecule has 0 unspecified atom stereocenters. The van der Waals surface area contributed by atoms with Gasteiger partial charge in [-0.25, -0.2) is 9.37 Å². The minimum absolute atomic E-state index is 0.0289. The maximum atomic E-state index is 15.3. The zero-order chi connectivity index (χ0) is 28.8. The molecular weight excluding hydrogens is 558 g/mol. The van der Waals surface area contributed by atoms with E-state index in [0.29, 0.717) is 23.1 Å². The van der Waals surface area contributed by atoms with Crippen LogP contribution in [-0.4, -0.2) is 40.9 Å². The van der Waals surface area contributed by atoms with Gasteiger partial charge in [0.05, 0.1) is 28.0 Å². The van der Waals surface area contributed by atoms with Crippen LogP contribution < -0.4 is 16.2 Å². The first kappa shape index (κ1) is 26.3. The molecule has 0 saturated heterocycles. The number of primary amides is 1. The van der Waals surface area contributed by atoms with Gasteiger partial charge in [-0.2, -0.15) is 18.9 Å². The monoisotopic (exact) mass is 578 g/mol. The molecule has 5 aromatic rings. The summed E-state index contributed by atoms with van der Waals surface area (Å²) in [5, 5.41) is 28.8. The molecule has 208 valence electrons. The number of tetrazole rings is 1. The molecule has 1 amide bonds. The van der Waals surface area contributed by atoms with Gasteiger partial charge >= 0.3 is 0 Å². The fourth-order valence-electron chi connectivity index (χ4n) is 4.99. The second kappa shape index (κ2) is 10.2. The third-order valence-corrected chi connectivity index (χ3v) is 7.45. The van der Waals surface area contributed by atoms with Crippen molar-refractivity contribution >= 4 is 23.3 Å². The fraction of sp³-hybridized carbons (Fsp3) is 0.192. The van der Waals surface area contributed by atoms with E-state index in [1.807, 2.05) is 0 Å². The maximum absolute atomic E-state index is 15.3. The summed E-state index contributed by atoms with van der Waals surface area (Å²) in [6.45, 7) is 0. The number of nitrogens with two attached hydrogens (primary N) is 2. The summed E-state index contributed by atoms with van der Waals surface area (Å²) in [4.78, 5) is 15.4. The summed E-state index contributed by atoms with van der Waals surface area (Å²) in [5.41, 5.74) is 12.5. The van der Waals surface area contributed by atoms with Gasteiger partial charge < -0.3 is 16.7 Å². The number of nitrogens with zero attached hydrogens (tertiary/aromatic N) is 8. The van der Waals surface area contributed by atoms with Crippen molar-refractivity contribution in [3.05, 3.63) is 89.0 Å². The predicted molar refractivity (Wildman–Crippen MR) is 142 cm³/mol. The first-order chi connectivity index (χ1) is 19.7. The highest BCUT2D eigenvalue weighted by atomic mass is 35.5. The van der Waals surface area contributed by atoms with E-state index in [0.717, 1.165) is 0 Å². The lowest BCUT2D eigenvalue weighted by Crippen LogP contribution is -2.36. The SMILES string of the molecule is NC(=O)[C@@H]1C[C@H]1C[C@H](c1ccc(-c2c(-n3cnnn3)ccc(Cl)c2F)c[n+]1[O-])n1cc(-c2ccc(N)nc2F)cn1. The van der Waals surface area contributed by atoms with E-state index in [4.69, 9.17) is 23.1 Å². The molecule has 1 aliphatic carbocycles. The van der Waals surface area contributed by atoms with Crippen molar-refractivity contribution in [2.75, 3.05) is 5.73 Å². The van der Waals surface area contributed by atoms with Gasteiger partial charge in [0.1, 0.15) is 18.2 Å². The second-order valence-electron chi connectivity index (χ2n) is 9.72. The van der Waals surface area contributed by atoms with Crippen molar-refractivity contribution in [1.82, 2.24) is 35.0 Å². The molecule has 0 spiro atoms. The first-order valence-electron chi connectivity index (χ1n) is 12.4. The van der Waals surface area contributed by atoms with E-state index in [-0.39, 0.29) is 50.7 Å². The lowest BCUT2D eigenvalue weighted by atomic mass is 10.0. The van der Waals surface area contributed by atoms with E-state index >= 15 is 4.39 Å². The van der Waals surface area contributed by atoms with Gasteiger partial charge in [0, 0.05) is 29.3 Å². The Morgan fingerprint density at radius 3 is 2.71 bits per heavy atom. The van der Waals surface area contributed by atoms with Crippen molar-refractivity contribution in [1.29, 1.82) is 0 Å². The molecule has 4 N–H and O–H groups in total. The average molecular weight is 579 g/mol. The third kappa shape index (κ3) is 4.93. The Morgan fingerprint density at radius 2 is 2.02 bits per heavy atom. The summed E-state index contributed by atoms with van der Waals surface area (Å²) in [6, 6.07) is 8.33. The van der Waals surface area contributed by atoms with Gasteiger partial charge in [-0.05, 0) is 59.5 Å². The number of carbonyl (C=O) groups excluding carboxylic acids is 1. The zero-order valence-electron chi connectivity index (χ0n) is 21.1. The van der Waals surface area contributed by atoms with Crippen molar-refractivity contribution in [3.63, 3.8) is 0 Å². The van der Waals surface area contributed by atoms with Gasteiger partial charge in [0.2, 0.25) is 17.5 Å². The Hall–Kier alpha value is -4.98.